The minimum atomic E-state index is -4.42. The van der Waals surface area contributed by atoms with E-state index in [-0.39, 0.29) is 24.8 Å². The van der Waals surface area contributed by atoms with Gasteiger partial charge in [0.15, 0.2) is 12.4 Å². The fraction of sp³-hybridized carbons (Fsp3) is 0.333. The molecule has 24 heavy (non-hydrogen) atoms. The van der Waals surface area contributed by atoms with Gasteiger partial charge < -0.3 is 19.2 Å². The SMILES string of the molecule is COCc1ccc(C(=O)NCc2ccc(OCC(F)(F)F)nc2)o1. The van der Waals surface area contributed by atoms with Gasteiger partial charge in [-0.2, -0.15) is 13.2 Å². The molecule has 0 atom stereocenters. The molecular weight excluding hydrogens is 329 g/mol. The zero-order valence-electron chi connectivity index (χ0n) is 12.7. The van der Waals surface area contributed by atoms with Crippen molar-refractivity contribution in [2.75, 3.05) is 13.7 Å². The molecule has 0 bridgehead atoms. The molecule has 0 spiro atoms. The van der Waals surface area contributed by atoms with Gasteiger partial charge in [-0.15, -0.1) is 0 Å². The highest BCUT2D eigenvalue weighted by Crippen LogP contribution is 2.17. The highest BCUT2D eigenvalue weighted by molar-refractivity contribution is 5.91. The second kappa shape index (κ2) is 7.82. The topological polar surface area (TPSA) is 73.6 Å². The second-order valence-corrected chi connectivity index (χ2v) is 4.79. The number of alkyl halides is 3. The van der Waals surface area contributed by atoms with E-state index in [9.17, 15) is 18.0 Å². The van der Waals surface area contributed by atoms with E-state index in [2.05, 4.69) is 15.0 Å². The number of pyridine rings is 1. The van der Waals surface area contributed by atoms with Gasteiger partial charge in [-0.3, -0.25) is 4.79 Å². The van der Waals surface area contributed by atoms with Crippen LogP contribution in [0.2, 0.25) is 0 Å². The Labute approximate surface area is 135 Å². The largest absolute Gasteiger partial charge is 0.468 e. The Morgan fingerprint density at radius 2 is 2.08 bits per heavy atom. The molecule has 2 heterocycles. The standard InChI is InChI=1S/C15H15F3N2O4/c1-22-8-11-3-4-12(24-11)14(21)20-7-10-2-5-13(19-6-10)23-9-15(16,17)18/h2-6H,7-9H2,1H3,(H,20,21). The van der Waals surface area contributed by atoms with Gasteiger partial charge in [-0.1, -0.05) is 6.07 Å². The van der Waals surface area contributed by atoms with E-state index in [1.807, 2.05) is 0 Å². The molecule has 2 aromatic rings. The monoisotopic (exact) mass is 344 g/mol. The van der Waals surface area contributed by atoms with Crippen LogP contribution in [0.25, 0.3) is 0 Å². The van der Waals surface area contributed by atoms with Crippen LogP contribution in [0.1, 0.15) is 21.9 Å². The van der Waals surface area contributed by atoms with Crippen molar-refractivity contribution in [3.05, 3.63) is 47.5 Å². The molecule has 9 heteroatoms. The zero-order valence-corrected chi connectivity index (χ0v) is 12.7. The molecule has 0 aliphatic carbocycles. The minimum Gasteiger partial charge on any atom is -0.468 e. The molecule has 0 unspecified atom stereocenters. The third kappa shape index (κ3) is 5.58. The number of methoxy groups -OCH3 is 1. The molecule has 0 radical (unpaired) electrons. The van der Waals surface area contributed by atoms with Gasteiger partial charge in [0, 0.05) is 25.9 Å². The van der Waals surface area contributed by atoms with Crippen LogP contribution in [0.15, 0.2) is 34.9 Å². The molecule has 130 valence electrons. The Morgan fingerprint density at radius 3 is 2.71 bits per heavy atom. The summed E-state index contributed by atoms with van der Waals surface area (Å²) in [5.41, 5.74) is 0.603. The predicted molar refractivity (Wildman–Crippen MR) is 76.4 cm³/mol. The van der Waals surface area contributed by atoms with E-state index in [0.717, 1.165) is 0 Å². The number of carbonyl (C=O) groups is 1. The minimum absolute atomic E-state index is 0.139. The van der Waals surface area contributed by atoms with Crippen molar-refractivity contribution >= 4 is 5.91 Å². The maximum Gasteiger partial charge on any atom is 0.422 e. The van der Waals surface area contributed by atoms with Crippen molar-refractivity contribution in [2.24, 2.45) is 0 Å². The fourth-order valence-corrected chi connectivity index (χ4v) is 1.75. The average molecular weight is 344 g/mol. The molecule has 0 aromatic carbocycles. The van der Waals surface area contributed by atoms with E-state index >= 15 is 0 Å². The smallest absolute Gasteiger partial charge is 0.422 e. The maximum absolute atomic E-state index is 12.0. The van der Waals surface area contributed by atoms with Crippen LogP contribution in [-0.2, 0) is 17.9 Å². The average Bonchev–Trinajstić information content (AvgIpc) is 3.00. The van der Waals surface area contributed by atoms with Gasteiger partial charge in [0.2, 0.25) is 5.88 Å². The van der Waals surface area contributed by atoms with Crippen LogP contribution in [0.3, 0.4) is 0 Å². The Balaban J connectivity index is 1.84. The lowest BCUT2D eigenvalue weighted by molar-refractivity contribution is -0.154. The quantitative estimate of drug-likeness (QED) is 0.836. The van der Waals surface area contributed by atoms with Gasteiger partial charge in [0.05, 0.1) is 0 Å². The summed E-state index contributed by atoms with van der Waals surface area (Å²) in [5, 5.41) is 2.61. The van der Waals surface area contributed by atoms with Crippen LogP contribution in [0.4, 0.5) is 13.2 Å². The number of nitrogens with zero attached hydrogens (tertiary/aromatic N) is 1. The number of aromatic nitrogens is 1. The van der Waals surface area contributed by atoms with Crippen molar-refractivity contribution in [1.29, 1.82) is 0 Å². The summed E-state index contributed by atoms with van der Waals surface area (Å²) >= 11 is 0. The van der Waals surface area contributed by atoms with Crippen LogP contribution >= 0.6 is 0 Å². The normalized spacial score (nSPS) is 11.3. The summed E-state index contributed by atoms with van der Waals surface area (Å²) < 4.78 is 50.7. The summed E-state index contributed by atoms with van der Waals surface area (Å²) in [6.07, 6.45) is -3.09. The van der Waals surface area contributed by atoms with Crippen molar-refractivity contribution in [1.82, 2.24) is 10.3 Å². The predicted octanol–water partition coefficient (Wildman–Crippen LogP) is 2.69. The molecule has 0 saturated carbocycles. The lowest BCUT2D eigenvalue weighted by Crippen LogP contribution is -2.22. The zero-order chi connectivity index (χ0) is 17.6. The van der Waals surface area contributed by atoms with Crippen molar-refractivity contribution in [3.63, 3.8) is 0 Å². The third-order valence-electron chi connectivity index (χ3n) is 2.81. The van der Waals surface area contributed by atoms with Crippen molar-refractivity contribution < 1.29 is 31.9 Å². The molecule has 1 amide bonds. The van der Waals surface area contributed by atoms with Crippen LogP contribution in [0, 0.1) is 0 Å². The molecule has 0 saturated heterocycles. The molecular formula is C15H15F3N2O4. The number of halogens is 3. The van der Waals surface area contributed by atoms with Gasteiger partial charge >= 0.3 is 6.18 Å². The highest BCUT2D eigenvalue weighted by atomic mass is 19.4. The van der Waals surface area contributed by atoms with E-state index in [1.165, 1.54) is 31.5 Å². The van der Waals surface area contributed by atoms with Gasteiger partial charge in [0.1, 0.15) is 12.4 Å². The lowest BCUT2D eigenvalue weighted by Gasteiger charge is -2.08. The summed E-state index contributed by atoms with van der Waals surface area (Å²) in [6.45, 7) is -0.999. The summed E-state index contributed by atoms with van der Waals surface area (Å²) in [5.74, 6) is 0.100. The number of hydrogen-bond donors (Lipinski definition) is 1. The first-order valence-corrected chi connectivity index (χ1v) is 6.88. The number of carbonyl (C=O) groups excluding carboxylic acids is 1. The van der Waals surface area contributed by atoms with Gasteiger partial charge in [-0.05, 0) is 17.7 Å². The molecule has 2 rings (SSSR count). The Kier molecular flexibility index (Phi) is 5.80. The van der Waals surface area contributed by atoms with E-state index < -0.39 is 18.7 Å². The van der Waals surface area contributed by atoms with Gasteiger partial charge in [-0.25, -0.2) is 4.98 Å². The number of rotatable bonds is 7. The molecule has 0 fully saturated rings. The van der Waals surface area contributed by atoms with Crippen molar-refractivity contribution in [2.45, 2.75) is 19.3 Å². The summed E-state index contributed by atoms with van der Waals surface area (Å²) in [4.78, 5) is 15.6. The maximum atomic E-state index is 12.0. The first kappa shape index (κ1) is 17.8. The number of nitrogens with one attached hydrogen (secondary N) is 1. The second-order valence-electron chi connectivity index (χ2n) is 4.79. The van der Waals surface area contributed by atoms with Crippen LogP contribution < -0.4 is 10.1 Å². The molecule has 0 aliphatic rings. The molecule has 2 aromatic heterocycles. The fourth-order valence-electron chi connectivity index (χ4n) is 1.75. The van der Waals surface area contributed by atoms with Crippen LogP contribution in [-0.4, -0.2) is 30.8 Å². The Bertz CT molecular complexity index is 668. The van der Waals surface area contributed by atoms with E-state index in [1.54, 1.807) is 6.07 Å². The van der Waals surface area contributed by atoms with Gasteiger partial charge in [0.25, 0.3) is 5.91 Å². The number of furan rings is 1. The molecule has 1 N–H and O–H groups in total. The first-order valence-electron chi connectivity index (χ1n) is 6.88. The van der Waals surface area contributed by atoms with Crippen LogP contribution in [0.5, 0.6) is 5.88 Å². The highest BCUT2D eigenvalue weighted by Gasteiger charge is 2.28. The number of amides is 1. The summed E-state index contributed by atoms with van der Waals surface area (Å²) in [6, 6.07) is 5.97. The summed E-state index contributed by atoms with van der Waals surface area (Å²) in [7, 11) is 1.51. The Hall–Kier alpha value is -2.55. The Morgan fingerprint density at radius 1 is 1.29 bits per heavy atom. The van der Waals surface area contributed by atoms with E-state index in [0.29, 0.717) is 11.3 Å². The lowest BCUT2D eigenvalue weighted by atomic mass is 10.3. The van der Waals surface area contributed by atoms with Crippen molar-refractivity contribution in [3.8, 4) is 5.88 Å². The third-order valence-corrected chi connectivity index (χ3v) is 2.81. The van der Waals surface area contributed by atoms with E-state index in [4.69, 9.17) is 9.15 Å². The number of ether oxygens (including phenoxy) is 2. The number of hydrogen-bond acceptors (Lipinski definition) is 5. The molecule has 0 aliphatic heterocycles. The first-order chi connectivity index (χ1) is 11.4. The molecule has 6 nitrogen and oxygen atoms in total.